The van der Waals surface area contributed by atoms with Crippen molar-refractivity contribution < 1.29 is 14.3 Å². The van der Waals surface area contributed by atoms with Crippen molar-refractivity contribution in [1.82, 2.24) is 19.3 Å². The molecule has 1 N–H and O–H groups in total. The smallest absolute Gasteiger partial charge is 0.278 e. The Morgan fingerprint density at radius 3 is 2.75 bits per heavy atom. The van der Waals surface area contributed by atoms with Crippen molar-refractivity contribution in [3.63, 3.8) is 0 Å². The fraction of sp³-hybridized carbons (Fsp3) is 0.300. The largest absolute Gasteiger partial charge is 0.378 e. The maximum Gasteiger partial charge on any atom is 0.278 e. The maximum atomic E-state index is 12.8. The van der Waals surface area contributed by atoms with Gasteiger partial charge in [-0.1, -0.05) is 6.07 Å². The number of fused-ring (bicyclic) bond motifs is 1. The Kier molecular flexibility index (Phi) is 4.79. The molecule has 2 amide bonds. The Balaban J connectivity index is 1.60. The molecular weight excluding hydrogens is 358 g/mol. The first kappa shape index (κ1) is 18.1. The number of aromatic nitrogens is 3. The molecule has 8 nitrogen and oxygen atoms in total. The van der Waals surface area contributed by atoms with Crippen molar-refractivity contribution in [1.29, 1.82) is 0 Å². The van der Waals surface area contributed by atoms with Gasteiger partial charge in [-0.05, 0) is 31.5 Å². The maximum absolute atomic E-state index is 12.8. The van der Waals surface area contributed by atoms with Crippen LogP contribution >= 0.6 is 0 Å². The third-order valence-corrected chi connectivity index (χ3v) is 4.74. The van der Waals surface area contributed by atoms with Gasteiger partial charge >= 0.3 is 0 Å². The summed E-state index contributed by atoms with van der Waals surface area (Å²) in [7, 11) is 0. The monoisotopic (exact) mass is 379 g/mol. The van der Waals surface area contributed by atoms with Gasteiger partial charge in [0.15, 0.2) is 11.3 Å². The molecule has 0 unspecified atom stereocenters. The molecule has 0 saturated carbocycles. The second-order valence-electron chi connectivity index (χ2n) is 6.78. The predicted octanol–water partition coefficient (Wildman–Crippen LogP) is 2.07. The average molecular weight is 379 g/mol. The third-order valence-electron chi connectivity index (χ3n) is 4.74. The minimum absolute atomic E-state index is 0.0668. The summed E-state index contributed by atoms with van der Waals surface area (Å²) >= 11 is 0. The first-order valence-corrected chi connectivity index (χ1v) is 9.12. The third kappa shape index (κ3) is 3.46. The van der Waals surface area contributed by atoms with Crippen molar-refractivity contribution in [3.05, 3.63) is 59.3 Å². The molecule has 144 valence electrons. The number of amides is 2. The zero-order chi connectivity index (χ0) is 19.7. The van der Waals surface area contributed by atoms with Crippen LogP contribution in [0.2, 0.25) is 0 Å². The van der Waals surface area contributed by atoms with E-state index in [1.54, 1.807) is 33.8 Å². The van der Waals surface area contributed by atoms with E-state index in [0.717, 1.165) is 11.3 Å². The van der Waals surface area contributed by atoms with E-state index in [9.17, 15) is 9.59 Å². The van der Waals surface area contributed by atoms with Crippen molar-refractivity contribution in [2.45, 2.75) is 13.8 Å². The first-order valence-electron chi connectivity index (χ1n) is 9.12. The molecule has 0 bridgehead atoms. The number of rotatable bonds is 3. The molecule has 0 radical (unpaired) electrons. The highest BCUT2D eigenvalue weighted by Crippen LogP contribution is 2.20. The number of hydrogen-bond acceptors (Lipinski definition) is 5. The van der Waals surface area contributed by atoms with E-state index in [4.69, 9.17) is 4.74 Å². The fourth-order valence-electron chi connectivity index (χ4n) is 3.22. The SMILES string of the molecule is Cc1cn2ccnc(C(=O)Nc3cc(C(=O)N4CCOCC4)ccc3C)c2n1. The van der Waals surface area contributed by atoms with Crippen LogP contribution in [0.15, 0.2) is 36.8 Å². The Hall–Kier alpha value is -3.26. The van der Waals surface area contributed by atoms with Gasteiger partial charge in [0, 0.05) is 42.9 Å². The number of hydrogen-bond donors (Lipinski definition) is 1. The van der Waals surface area contributed by atoms with Crippen molar-refractivity contribution in [3.8, 4) is 0 Å². The van der Waals surface area contributed by atoms with E-state index in [0.29, 0.717) is 43.2 Å². The molecule has 1 aliphatic rings. The van der Waals surface area contributed by atoms with Crippen LogP contribution in [0, 0.1) is 13.8 Å². The number of aryl methyl sites for hydroxylation is 2. The minimum Gasteiger partial charge on any atom is -0.378 e. The van der Waals surface area contributed by atoms with Crippen molar-refractivity contribution in [2.75, 3.05) is 31.6 Å². The van der Waals surface area contributed by atoms with Crippen LogP contribution in [-0.4, -0.2) is 57.4 Å². The standard InChI is InChI=1S/C20H21N5O3/c1-13-3-4-15(20(27)24-7-9-28-10-8-24)11-16(13)23-19(26)17-18-22-14(2)12-25(18)6-5-21-17/h3-6,11-12H,7-10H2,1-2H3,(H,23,26). The van der Waals surface area contributed by atoms with Crippen LogP contribution in [-0.2, 0) is 4.74 Å². The molecule has 1 aliphatic heterocycles. The number of carbonyl (C=O) groups is 2. The van der Waals surface area contributed by atoms with Gasteiger partial charge in [-0.15, -0.1) is 0 Å². The van der Waals surface area contributed by atoms with Gasteiger partial charge in [0.2, 0.25) is 0 Å². The van der Waals surface area contributed by atoms with E-state index in [1.807, 2.05) is 26.1 Å². The topological polar surface area (TPSA) is 88.8 Å². The van der Waals surface area contributed by atoms with Crippen LogP contribution < -0.4 is 5.32 Å². The van der Waals surface area contributed by atoms with E-state index >= 15 is 0 Å². The van der Waals surface area contributed by atoms with E-state index in [-0.39, 0.29) is 17.5 Å². The molecule has 8 heteroatoms. The Morgan fingerprint density at radius 1 is 1.18 bits per heavy atom. The second-order valence-corrected chi connectivity index (χ2v) is 6.78. The van der Waals surface area contributed by atoms with Gasteiger partial charge in [0.1, 0.15) is 0 Å². The first-order chi connectivity index (χ1) is 13.5. The lowest BCUT2D eigenvalue weighted by atomic mass is 10.1. The number of carbonyl (C=O) groups excluding carboxylic acids is 2. The molecule has 0 spiro atoms. The van der Waals surface area contributed by atoms with Crippen LogP contribution in [0.25, 0.3) is 5.65 Å². The fourth-order valence-corrected chi connectivity index (χ4v) is 3.22. The highest BCUT2D eigenvalue weighted by molar-refractivity contribution is 6.07. The van der Waals surface area contributed by atoms with Crippen molar-refractivity contribution >= 4 is 23.1 Å². The quantitative estimate of drug-likeness (QED) is 0.753. The van der Waals surface area contributed by atoms with Gasteiger partial charge < -0.3 is 19.4 Å². The molecular formula is C20H21N5O3. The second kappa shape index (κ2) is 7.40. The summed E-state index contributed by atoms with van der Waals surface area (Å²) in [6, 6.07) is 5.32. The molecule has 0 aliphatic carbocycles. The van der Waals surface area contributed by atoms with E-state index in [1.165, 1.54) is 0 Å². The summed E-state index contributed by atoms with van der Waals surface area (Å²) in [6.45, 7) is 5.96. The Morgan fingerprint density at radius 2 is 1.96 bits per heavy atom. The molecule has 1 fully saturated rings. The molecule has 1 aromatic carbocycles. The predicted molar refractivity (Wildman–Crippen MR) is 104 cm³/mol. The normalized spacial score (nSPS) is 14.3. The Bertz CT molecular complexity index is 1050. The molecule has 3 aromatic rings. The van der Waals surface area contributed by atoms with Crippen LogP contribution in [0.3, 0.4) is 0 Å². The number of ether oxygens (including phenoxy) is 1. The van der Waals surface area contributed by atoms with Crippen LogP contribution in [0.4, 0.5) is 5.69 Å². The number of morpholine rings is 1. The zero-order valence-electron chi connectivity index (χ0n) is 15.8. The lowest BCUT2D eigenvalue weighted by Gasteiger charge is -2.27. The molecule has 1 saturated heterocycles. The number of imidazole rings is 1. The van der Waals surface area contributed by atoms with Gasteiger partial charge in [0.05, 0.1) is 18.9 Å². The number of benzene rings is 1. The van der Waals surface area contributed by atoms with Gasteiger partial charge in [-0.3, -0.25) is 9.59 Å². The minimum atomic E-state index is -0.365. The summed E-state index contributed by atoms with van der Waals surface area (Å²) in [6.07, 6.45) is 5.15. The summed E-state index contributed by atoms with van der Waals surface area (Å²) in [5.41, 5.74) is 3.51. The Labute approximate surface area is 162 Å². The average Bonchev–Trinajstić information content (AvgIpc) is 3.09. The lowest BCUT2D eigenvalue weighted by molar-refractivity contribution is 0.0303. The summed E-state index contributed by atoms with van der Waals surface area (Å²) in [5.74, 6) is -0.432. The number of anilines is 1. The van der Waals surface area contributed by atoms with Crippen LogP contribution in [0.5, 0.6) is 0 Å². The number of nitrogens with one attached hydrogen (secondary N) is 1. The molecule has 2 aromatic heterocycles. The van der Waals surface area contributed by atoms with E-state index < -0.39 is 0 Å². The highest BCUT2D eigenvalue weighted by Gasteiger charge is 2.20. The van der Waals surface area contributed by atoms with Gasteiger partial charge in [-0.2, -0.15) is 0 Å². The molecule has 3 heterocycles. The van der Waals surface area contributed by atoms with Crippen LogP contribution in [0.1, 0.15) is 32.1 Å². The van der Waals surface area contributed by atoms with Gasteiger partial charge in [-0.25, -0.2) is 9.97 Å². The number of nitrogens with zero attached hydrogens (tertiary/aromatic N) is 4. The summed E-state index contributed by atoms with van der Waals surface area (Å²) < 4.78 is 7.07. The molecule has 0 atom stereocenters. The highest BCUT2D eigenvalue weighted by atomic mass is 16.5. The van der Waals surface area contributed by atoms with Gasteiger partial charge in [0.25, 0.3) is 11.8 Å². The van der Waals surface area contributed by atoms with Crippen molar-refractivity contribution in [2.24, 2.45) is 0 Å². The molecule has 28 heavy (non-hydrogen) atoms. The summed E-state index contributed by atoms with van der Waals surface area (Å²) in [4.78, 5) is 35.9. The molecule has 4 rings (SSSR count). The zero-order valence-corrected chi connectivity index (χ0v) is 15.8. The summed E-state index contributed by atoms with van der Waals surface area (Å²) in [5, 5.41) is 2.88. The van der Waals surface area contributed by atoms with E-state index in [2.05, 4.69) is 15.3 Å². The lowest BCUT2D eigenvalue weighted by Crippen LogP contribution is -2.40.